The van der Waals surface area contributed by atoms with Gasteiger partial charge in [0.1, 0.15) is 0 Å². The van der Waals surface area contributed by atoms with Crippen LogP contribution in [0, 0.1) is 0 Å². The molecule has 0 saturated carbocycles. The van der Waals surface area contributed by atoms with Gasteiger partial charge in [0.15, 0.2) is 0 Å². The average molecular weight is 84.4 g/mol. The molecule has 22 valence electrons. The minimum Gasteiger partial charge on any atom is -1.00 e. The minimum absolute atomic E-state index is 0. The summed E-state index contributed by atoms with van der Waals surface area (Å²) in [6.45, 7) is 0. The maximum absolute atomic E-state index is 2.26. The van der Waals surface area contributed by atoms with Crippen molar-refractivity contribution in [2.75, 3.05) is 0 Å². The third kappa shape index (κ3) is 10.3. The summed E-state index contributed by atoms with van der Waals surface area (Å²) in [6, 6.07) is 0. The van der Waals surface area contributed by atoms with Gasteiger partial charge in [-0.2, -0.15) is 0 Å². The molecule has 0 fully saturated rings. The summed E-state index contributed by atoms with van der Waals surface area (Å²) in [5.74, 6) is 4.53. The molecule has 0 amide bonds. The van der Waals surface area contributed by atoms with Gasteiger partial charge in [-0.15, -0.1) is 11.6 Å². The second-order valence-corrected chi connectivity index (χ2v) is 2.12. The van der Waals surface area contributed by atoms with E-state index in [1.54, 1.807) is 0 Å². The molecule has 0 saturated heterocycles. The maximum atomic E-state index is 2.26. The van der Waals surface area contributed by atoms with Gasteiger partial charge in [0.05, 0.1) is 0 Å². The van der Waals surface area contributed by atoms with Crippen LogP contribution in [-0.4, -0.2) is 38.3 Å². The zero-order chi connectivity index (χ0) is 2.71. The molecular weight excluding hydrogens is 75.3 g/mol. The van der Waals surface area contributed by atoms with Crippen molar-refractivity contribution in [3.8, 4) is 0 Å². The van der Waals surface area contributed by atoms with Crippen molar-refractivity contribution in [2.45, 2.75) is 11.6 Å². The van der Waals surface area contributed by atoms with Crippen LogP contribution in [0.3, 0.4) is 0 Å². The van der Waals surface area contributed by atoms with Crippen LogP contribution < -0.4 is 0 Å². The molecule has 0 aliphatic carbocycles. The van der Waals surface area contributed by atoms with Crippen LogP contribution in [0.4, 0.5) is 0 Å². The van der Waals surface area contributed by atoms with Crippen LogP contribution >= 0.6 is 0 Å². The second-order valence-electron chi connectivity index (χ2n) is 0.707. The molecule has 0 bridgehead atoms. The fraction of sp³-hybridized carbons (Fsp3) is 1.00. The maximum Gasteiger partial charge on any atom is 2.00 e. The Morgan fingerprint density at radius 3 is 1.50 bits per heavy atom. The molecule has 0 spiro atoms. The molecule has 0 unspecified atom stereocenters. The molecule has 0 aromatic heterocycles. The zero-order valence-electron chi connectivity index (χ0n) is 5.41. The third-order valence-electron chi connectivity index (χ3n) is 0. The third-order valence-corrected chi connectivity index (χ3v) is 0. The fourth-order valence-corrected chi connectivity index (χ4v) is 0. The molecule has 2 heteroatoms. The van der Waals surface area contributed by atoms with E-state index in [-0.39, 0.29) is 25.9 Å². The Labute approximate surface area is 52.8 Å². The molecular formula is C2H9AlMg. The summed E-state index contributed by atoms with van der Waals surface area (Å²) < 4.78 is 0. The first-order valence-corrected chi connectivity index (χ1v) is 4.24. The molecule has 0 rings (SSSR count). The minimum atomic E-state index is 0. The summed E-state index contributed by atoms with van der Waals surface area (Å²) in [4.78, 5) is 0. The van der Waals surface area contributed by atoms with Gasteiger partial charge in [-0.25, -0.2) is 0 Å². The van der Waals surface area contributed by atoms with Crippen LogP contribution in [0.1, 0.15) is 2.85 Å². The first-order chi connectivity index (χ1) is 1.41. The van der Waals surface area contributed by atoms with E-state index in [1.807, 2.05) is 0 Å². The Kier molecular flexibility index (Phi) is 19.9. The zero-order valence-corrected chi connectivity index (χ0v) is 6.24. The topological polar surface area (TPSA) is 0 Å². The normalized spacial score (nSPS) is 3.50. The molecule has 0 nitrogen and oxygen atoms in total. The van der Waals surface area contributed by atoms with Crippen molar-refractivity contribution in [1.82, 2.24) is 0 Å². The monoisotopic (exact) mass is 84.0 g/mol. The van der Waals surface area contributed by atoms with Crippen LogP contribution in [0.15, 0.2) is 0 Å². The molecule has 0 aromatic carbocycles. The molecule has 0 aromatic rings. The van der Waals surface area contributed by atoms with Crippen molar-refractivity contribution in [3.63, 3.8) is 0 Å². The standard InChI is InChI=1S/2CH3.Al.Mg.3H/h2*1H3;;;;;/q;;;+2;;2*-1. The smallest absolute Gasteiger partial charge is 1.00 e. The Hall–Kier alpha value is 1.30. The van der Waals surface area contributed by atoms with Crippen LogP contribution in [0.25, 0.3) is 0 Å². The van der Waals surface area contributed by atoms with E-state index in [0.29, 0.717) is 15.2 Å². The summed E-state index contributed by atoms with van der Waals surface area (Å²) in [5, 5.41) is 0. The van der Waals surface area contributed by atoms with Crippen LogP contribution in [-0.2, 0) is 0 Å². The van der Waals surface area contributed by atoms with E-state index in [9.17, 15) is 0 Å². The molecule has 0 radical (unpaired) electrons. The molecule has 0 aliphatic rings. The Bertz CT molecular complexity index is 11.5. The molecule has 0 N–H and O–H groups in total. The number of hydrogen-bond donors (Lipinski definition) is 0. The van der Waals surface area contributed by atoms with E-state index in [0.717, 1.165) is 0 Å². The summed E-state index contributed by atoms with van der Waals surface area (Å²) >= 11 is 0.417. The van der Waals surface area contributed by atoms with Crippen LogP contribution in [0.2, 0.25) is 11.6 Å². The van der Waals surface area contributed by atoms with Gasteiger partial charge in [0.25, 0.3) is 0 Å². The van der Waals surface area contributed by atoms with Crippen molar-refractivity contribution in [2.24, 2.45) is 0 Å². The number of hydrogen-bond acceptors (Lipinski definition) is 0. The van der Waals surface area contributed by atoms with E-state index in [1.165, 1.54) is 0 Å². The van der Waals surface area contributed by atoms with Crippen molar-refractivity contribution < 1.29 is 2.85 Å². The summed E-state index contributed by atoms with van der Waals surface area (Å²) in [6.07, 6.45) is 0. The summed E-state index contributed by atoms with van der Waals surface area (Å²) in [7, 11) is 0. The van der Waals surface area contributed by atoms with Crippen molar-refractivity contribution in [3.05, 3.63) is 0 Å². The van der Waals surface area contributed by atoms with Crippen LogP contribution in [0.5, 0.6) is 0 Å². The van der Waals surface area contributed by atoms with E-state index in [2.05, 4.69) is 11.6 Å². The van der Waals surface area contributed by atoms with E-state index in [4.69, 9.17) is 0 Å². The SMILES string of the molecule is [CH3][AlH][CH3].[H-].[H-].[Mg+2]. The molecule has 0 atom stereocenters. The molecule has 4 heavy (non-hydrogen) atoms. The quantitative estimate of drug-likeness (QED) is 0.372. The largest absolute Gasteiger partial charge is 2.00 e. The Morgan fingerprint density at radius 1 is 1.50 bits per heavy atom. The Balaban J connectivity index is -0.00000000667. The number of rotatable bonds is 0. The van der Waals surface area contributed by atoms with Gasteiger partial charge in [0.2, 0.25) is 15.2 Å². The fourth-order valence-electron chi connectivity index (χ4n) is 0. The predicted molar refractivity (Wildman–Crippen MR) is 26.9 cm³/mol. The van der Waals surface area contributed by atoms with Crippen molar-refractivity contribution >= 4 is 38.3 Å². The van der Waals surface area contributed by atoms with Gasteiger partial charge in [0, 0.05) is 0 Å². The second kappa shape index (κ2) is 8.85. The first-order valence-electron chi connectivity index (χ1n) is 1.41. The van der Waals surface area contributed by atoms with Gasteiger partial charge in [-0.05, 0) is 0 Å². The first kappa shape index (κ1) is 9.00. The Morgan fingerprint density at radius 2 is 1.50 bits per heavy atom. The average Bonchev–Trinajstić information content (AvgIpc) is 0.918. The van der Waals surface area contributed by atoms with Crippen molar-refractivity contribution in [1.29, 1.82) is 0 Å². The summed E-state index contributed by atoms with van der Waals surface area (Å²) in [5.41, 5.74) is 0. The van der Waals surface area contributed by atoms with Gasteiger partial charge in [-0.1, -0.05) is 0 Å². The van der Waals surface area contributed by atoms with E-state index >= 15 is 0 Å². The predicted octanol–water partition coefficient (Wildman–Crippen LogP) is 0.363. The van der Waals surface area contributed by atoms with Gasteiger partial charge in [-0.3, -0.25) is 0 Å². The molecule has 0 heterocycles. The molecule has 0 aliphatic heterocycles. The van der Waals surface area contributed by atoms with Gasteiger partial charge >= 0.3 is 23.1 Å². The van der Waals surface area contributed by atoms with Gasteiger partial charge < -0.3 is 2.85 Å². The van der Waals surface area contributed by atoms with E-state index < -0.39 is 0 Å².